The number of ether oxygens (including phenoxy) is 1. The topological polar surface area (TPSA) is 76.7 Å². The van der Waals surface area contributed by atoms with E-state index in [0.29, 0.717) is 28.8 Å². The standard InChI is InChI=1S/C13H16Cl2N2O4/c1-16-13(19)8-21-17-12(18)3-2-6-20-11-5-4-9(14)7-10(11)15/h4-5,7H,2-3,6,8H2,1H3,(H,16,19)(H,17,18). The number of likely N-dealkylation sites (N-methyl/N-ethyl adjacent to an activating group) is 1. The van der Waals surface area contributed by atoms with Crippen LogP contribution in [0, 0.1) is 0 Å². The van der Waals surface area contributed by atoms with Crippen LogP contribution in [0.25, 0.3) is 0 Å². The van der Waals surface area contributed by atoms with Gasteiger partial charge in [-0.1, -0.05) is 23.2 Å². The van der Waals surface area contributed by atoms with Gasteiger partial charge in [-0.05, 0) is 24.6 Å². The molecule has 1 aromatic carbocycles. The molecule has 2 amide bonds. The van der Waals surface area contributed by atoms with Crippen LogP contribution in [0.1, 0.15) is 12.8 Å². The van der Waals surface area contributed by atoms with Crippen molar-refractivity contribution in [2.45, 2.75) is 12.8 Å². The van der Waals surface area contributed by atoms with E-state index in [0.717, 1.165) is 0 Å². The van der Waals surface area contributed by atoms with Crippen molar-refractivity contribution in [1.29, 1.82) is 0 Å². The first-order valence-corrected chi connectivity index (χ1v) is 6.97. The molecule has 8 heteroatoms. The maximum atomic E-state index is 11.4. The molecule has 1 rings (SSSR count). The number of nitrogens with one attached hydrogen (secondary N) is 2. The van der Waals surface area contributed by atoms with Gasteiger partial charge in [0, 0.05) is 18.5 Å². The minimum atomic E-state index is -0.329. The average Bonchev–Trinajstić information content (AvgIpc) is 2.45. The third kappa shape index (κ3) is 7.17. The lowest BCUT2D eigenvalue weighted by Gasteiger charge is -2.08. The summed E-state index contributed by atoms with van der Waals surface area (Å²) in [6, 6.07) is 4.91. The molecule has 116 valence electrons. The van der Waals surface area contributed by atoms with E-state index in [4.69, 9.17) is 32.8 Å². The summed E-state index contributed by atoms with van der Waals surface area (Å²) in [4.78, 5) is 26.9. The zero-order chi connectivity index (χ0) is 15.7. The van der Waals surface area contributed by atoms with Crippen LogP contribution in [-0.4, -0.2) is 32.1 Å². The van der Waals surface area contributed by atoms with E-state index in [2.05, 4.69) is 10.8 Å². The molecule has 0 radical (unpaired) electrons. The Kier molecular flexibility index (Phi) is 7.89. The van der Waals surface area contributed by atoms with Gasteiger partial charge in [-0.25, -0.2) is 5.48 Å². The van der Waals surface area contributed by atoms with E-state index >= 15 is 0 Å². The number of benzene rings is 1. The SMILES string of the molecule is CNC(=O)CONC(=O)CCCOc1ccc(Cl)cc1Cl. The molecule has 0 spiro atoms. The van der Waals surface area contributed by atoms with Gasteiger partial charge in [0.15, 0.2) is 6.61 Å². The van der Waals surface area contributed by atoms with Crippen molar-refractivity contribution >= 4 is 35.0 Å². The van der Waals surface area contributed by atoms with Crippen LogP contribution in [-0.2, 0) is 14.4 Å². The molecule has 0 unspecified atom stereocenters. The number of carbonyl (C=O) groups is 2. The van der Waals surface area contributed by atoms with Crippen LogP contribution < -0.4 is 15.5 Å². The van der Waals surface area contributed by atoms with Crippen molar-refractivity contribution < 1.29 is 19.2 Å². The minimum Gasteiger partial charge on any atom is -0.492 e. The first-order chi connectivity index (χ1) is 10.0. The lowest BCUT2D eigenvalue weighted by atomic mass is 10.3. The molecule has 0 aliphatic carbocycles. The predicted molar refractivity (Wildman–Crippen MR) is 79.4 cm³/mol. The van der Waals surface area contributed by atoms with Crippen molar-refractivity contribution in [2.75, 3.05) is 20.3 Å². The highest BCUT2D eigenvalue weighted by Crippen LogP contribution is 2.27. The van der Waals surface area contributed by atoms with E-state index in [1.807, 2.05) is 0 Å². The zero-order valence-corrected chi connectivity index (χ0v) is 13.0. The van der Waals surface area contributed by atoms with Crippen LogP contribution in [0.15, 0.2) is 18.2 Å². The van der Waals surface area contributed by atoms with Crippen molar-refractivity contribution in [3.05, 3.63) is 28.2 Å². The normalized spacial score (nSPS) is 10.0. The van der Waals surface area contributed by atoms with Crippen LogP contribution in [0.5, 0.6) is 5.75 Å². The molecule has 0 bridgehead atoms. The van der Waals surface area contributed by atoms with Gasteiger partial charge in [-0.2, -0.15) is 0 Å². The van der Waals surface area contributed by atoms with Crippen molar-refractivity contribution in [1.82, 2.24) is 10.8 Å². The molecule has 0 saturated carbocycles. The minimum absolute atomic E-state index is 0.207. The van der Waals surface area contributed by atoms with Crippen molar-refractivity contribution in [3.63, 3.8) is 0 Å². The van der Waals surface area contributed by atoms with E-state index < -0.39 is 0 Å². The second kappa shape index (κ2) is 9.44. The fourth-order valence-corrected chi connectivity index (χ4v) is 1.78. The van der Waals surface area contributed by atoms with E-state index in [1.165, 1.54) is 7.05 Å². The molecule has 2 N–H and O–H groups in total. The molecule has 1 aromatic rings. The smallest absolute Gasteiger partial charge is 0.248 e. The van der Waals surface area contributed by atoms with Crippen LogP contribution in [0.4, 0.5) is 0 Å². The Morgan fingerprint density at radius 1 is 1.24 bits per heavy atom. The summed E-state index contributed by atoms with van der Waals surface area (Å²) in [6.45, 7) is 0.101. The van der Waals surface area contributed by atoms with Crippen LogP contribution in [0.3, 0.4) is 0 Å². The summed E-state index contributed by atoms with van der Waals surface area (Å²) in [5, 5.41) is 3.31. The van der Waals surface area contributed by atoms with Gasteiger partial charge >= 0.3 is 0 Å². The Hall–Kier alpha value is -1.50. The van der Waals surface area contributed by atoms with Gasteiger partial charge in [0.1, 0.15) is 5.75 Å². The lowest BCUT2D eigenvalue weighted by Crippen LogP contribution is -2.31. The first kappa shape index (κ1) is 17.6. The fraction of sp³-hybridized carbons (Fsp3) is 0.385. The maximum Gasteiger partial charge on any atom is 0.248 e. The largest absolute Gasteiger partial charge is 0.492 e. The molecule has 0 aliphatic heterocycles. The Morgan fingerprint density at radius 2 is 2.00 bits per heavy atom. The van der Waals surface area contributed by atoms with Gasteiger partial charge in [0.25, 0.3) is 0 Å². The summed E-state index contributed by atoms with van der Waals surface area (Å²) in [5.41, 5.74) is 2.17. The molecule has 0 heterocycles. The first-order valence-electron chi connectivity index (χ1n) is 6.22. The number of hydrogen-bond acceptors (Lipinski definition) is 4. The Morgan fingerprint density at radius 3 is 2.67 bits per heavy atom. The van der Waals surface area contributed by atoms with E-state index in [1.54, 1.807) is 18.2 Å². The average molecular weight is 335 g/mol. The van der Waals surface area contributed by atoms with Crippen molar-refractivity contribution in [2.24, 2.45) is 0 Å². The number of carbonyl (C=O) groups excluding carboxylic acids is 2. The highest BCUT2D eigenvalue weighted by Gasteiger charge is 2.05. The van der Waals surface area contributed by atoms with Gasteiger partial charge in [0.2, 0.25) is 11.8 Å². The van der Waals surface area contributed by atoms with E-state index in [9.17, 15) is 9.59 Å². The molecule has 0 fully saturated rings. The Labute approximate surface area is 132 Å². The third-order valence-corrected chi connectivity index (χ3v) is 2.90. The zero-order valence-electron chi connectivity index (χ0n) is 11.4. The third-order valence-electron chi connectivity index (χ3n) is 2.37. The quantitative estimate of drug-likeness (QED) is 0.562. The molecule has 6 nitrogen and oxygen atoms in total. The number of halogens is 2. The summed E-state index contributed by atoms with van der Waals surface area (Å²) < 4.78 is 5.43. The summed E-state index contributed by atoms with van der Waals surface area (Å²) in [6.07, 6.45) is 0.688. The molecular formula is C13H16Cl2N2O4. The number of rotatable bonds is 8. The summed E-state index contributed by atoms with van der Waals surface area (Å²) in [7, 11) is 1.48. The molecule has 0 atom stereocenters. The number of hydroxylamine groups is 1. The summed E-state index contributed by atoms with van der Waals surface area (Å²) in [5.74, 6) is -0.141. The Balaban J connectivity index is 2.16. The lowest BCUT2D eigenvalue weighted by molar-refractivity contribution is -0.139. The highest BCUT2D eigenvalue weighted by atomic mass is 35.5. The number of amides is 2. The highest BCUT2D eigenvalue weighted by molar-refractivity contribution is 6.35. The van der Waals surface area contributed by atoms with Gasteiger partial charge in [0.05, 0.1) is 11.6 Å². The van der Waals surface area contributed by atoms with Crippen LogP contribution in [0.2, 0.25) is 10.0 Å². The molecule has 0 aromatic heterocycles. The fourth-order valence-electron chi connectivity index (χ4n) is 1.31. The monoisotopic (exact) mass is 334 g/mol. The van der Waals surface area contributed by atoms with Gasteiger partial charge in [-0.3, -0.25) is 14.4 Å². The number of hydrogen-bond donors (Lipinski definition) is 2. The second-order valence-electron chi connectivity index (χ2n) is 4.01. The van der Waals surface area contributed by atoms with E-state index in [-0.39, 0.29) is 24.8 Å². The van der Waals surface area contributed by atoms with Gasteiger partial charge in [-0.15, -0.1) is 0 Å². The van der Waals surface area contributed by atoms with Gasteiger partial charge < -0.3 is 10.1 Å². The molecule has 0 aliphatic rings. The predicted octanol–water partition coefficient (Wildman–Crippen LogP) is 1.95. The maximum absolute atomic E-state index is 11.4. The summed E-state index contributed by atoms with van der Waals surface area (Å²) >= 11 is 11.7. The molecular weight excluding hydrogens is 319 g/mol. The molecule has 0 saturated heterocycles. The van der Waals surface area contributed by atoms with Crippen molar-refractivity contribution in [3.8, 4) is 5.75 Å². The molecule has 21 heavy (non-hydrogen) atoms. The Bertz CT molecular complexity index is 497. The second-order valence-corrected chi connectivity index (χ2v) is 4.86. The van der Waals surface area contributed by atoms with Crippen LogP contribution >= 0.6 is 23.2 Å².